The number of aliphatic imine (C=N–C) groups is 1. The van der Waals surface area contributed by atoms with Crippen LogP contribution in [-0.2, 0) is 4.74 Å². The Kier molecular flexibility index (Phi) is 10.2. The SMILES string of the molecule is CCOCCN=C(N)Nc1ccc(OC(C)C)cc1.I. The number of guanidine groups is 1. The van der Waals surface area contributed by atoms with Gasteiger partial charge in [-0.15, -0.1) is 24.0 Å². The fourth-order valence-electron chi connectivity index (χ4n) is 1.45. The summed E-state index contributed by atoms with van der Waals surface area (Å²) in [5, 5.41) is 3.02. The molecule has 0 amide bonds. The molecular weight excluding hydrogens is 369 g/mol. The van der Waals surface area contributed by atoms with Crippen molar-refractivity contribution in [2.24, 2.45) is 10.7 Å². The highest BCUT2D eigenvalue weighted by atomic mass is 127. The third-order valence-corrected chi connectivity index (χ3v) is 2.22. The number of hydrogen-bond acceptors (Lipinski definition) is 3. The van der Waals surface area contributed by atoms with Crippen LogP contribution in [0.15, 0.2) is 29.3 Å². The van der Waals surface area contributed by atoms with Gasteiger partial charge in [0, 0.05) is 12.3 Å². The molecule has 0 fully saturated rings. The zero-order valence-corrected chi connectivity index (χ0v) is 14.6. The highest BCUT2D eigenvalue weighted by Crippen LogP contribution is 2.16. The first-order chi connectivity index (χ1) is 9.11. The van der Waals surface area contributed by atoms with Gasteiger partial charge in [-0.25, -0.2) is 0 Å². The average molecular weight is 393 g/mol. The van der Waals surface area contributed by atoms with Crippen LogP contribution >= 0.6 is 24.0 Å². The maximum Gasteiger partial charge on any atom is 0.193 e. The van der Waals surface area contributed by atoms with E-state index < -0.39 is 0 Å². The quantitative estimate of drug-likeness (QED) is 0.324. The second-order valence-electron chi connectivity index (χ2n) is 4.28. The predicted molar refractivity (Wildman–Crippen MR) is 94.2 cm³/mol. The molecule has 0 spiro atoms. The number of ether oxygens (including phenoxy) is 2. The maximum absolute atomic E-state index is 5.76. The van der Waals surface area contributed by atoms with Gasteiger partial charge in [0.25, 0.3) is 0 Å². The van der Waals surface area contributed by atoms with Crippen LogP contribution in [0.5, 0.6) is 5.75 Å². The minimum absolute atomic E-state index is 0. The van der Waals surface area contributed by atoms with E-state index in [4.69, 9.17) is 15.2 Å². The highest BCUT2D eigenvalue weighted by Gasteiger charge is 1.99. The van der Waals surface area contributed by atoms with Crippen molar-refractivity contribution < 1.29 is 9.47 Å². The normalized spacial score (nSPS) is 11.1. The van der Waals surface area contributed by atoms with Gasteiger partial charge >= 0.3 is 0 Å². The molecule has 1 aromatic rings. The van der Waals surface area contributed by atoms with E-state index >= 15 is 0 Å². The van der Waals surface area contributed by atoms with Crippen molar-refractivity contribution in [3.63, 3.8) is 0 Å². The Morgan fingerprint density at radius 1 is 1.30 bits per heavy atom. The van der Waals surface area contributed by atoms with Crippen molar-refractivity contribution in [2.75, 3.05) is 25.1 Å². The Bertz CT molecular complexity index is 394. The number of halogens is 1. The summed E-state index contributed by atoms with van der Waals surface area (Å²) >= 11 is 0. The van der Waals surface area contributed by atoms with Crippen molar-refractivity contribution in [1.82, 2.24) is 0 Å². The molecule has 0 bridgehead atoms. The van der Waals surface area contributed by atoms with Gasteiger partial charge < -0.3 is 20.5 Å². The molecule has 0 aliphatic rings. The van der Waals surface area contributed by atoms with Crippen LogP contribution in [0.2, 0.25) is 0 Å². The zero-order valence-electron chi connectivity index (χ0n) is 12.3. The number of nitrogens with zero attached hydrogens (tertiary/aromatic N) is 1. The Balaban J connectivity index is 0.00000361. The first-order valence-corrected chi connectivity index (χ1v) is 6.53. The second kappa shape index (κ2) is 10.7. The Hall–Kier alpha value is -1.02. The number of benzene rings is 1. The van der Waals surface area contributed by atoms with Gasteiger partial charge in [0.15, 0.2) is 5.96 Å². The standard InChI is InChI=1S/C14H23N3O2.HI/c1-4-18-10-9-16-14(15)17-12-5-7-13(8-6-12)19-11(2)3;/h5-8,11H,4,9-10H2,1-3H3,(H3,15,16,17);1H. The predicted octanol–water partition coefficient (Wildman–Crippen LogP) is 2.85. The lowest BCUT2D eigenvalue weighted by Crippen LogP contribution is -2.23. The van der Waals surface area contributed by atoms with Crippen LogP contribution in [0.25, 0.3) is 0 Å². The molecule has 114 valence electrons. The Morgan fingerprint density at radius 3 is 2.50 bits per heavy atom. The molecule has 6 heteroatoms. The number of nitrogens with one attached hydrogen (secondary N) is 1. The summed E-state index contributed by atoms with van der Waals surface area (Å²) in [6.07, 6.45) is 0.170. The summed E-state index contributed by atoms with van der Waals surface area (Å²) in [6, 6.07) is 7.61. The van der Waals surface area contributed by atoms with E-state index in [1.807, 2.05) is 45.0 Å². The third kappa shape index (κ3) is 8.21. The van der Waals surface area contributed by atoms with Crippen molar-refractivity contribution in [2.45, 2.75) is 26.9 Å². The average Bonchev–Trinajstić information content (AvgIpc) is 2.36. The fraction of sp³-hybridized carbons (Fsp3) is 0.500. The molecule has 0 aliphatic heterocycles. The molecule has 0 radical (unpaired) electrons. The molecular formula is C14H24IN3O2. The van der Waals surface area contributed by atoms with Crippen LogP contribution in [0.3, 0.4) is 0 Å². The van der Waals surface area contributed by atoms with E-state index in [2.05, 4.69) is 10.3 Å². The van der Waals surface area contributed by atoms with Gasteiger partial charge in [0.05, 0.1) is 19.3 Å². The second-order valence-corrected chi connectivity index (χ2v) is 4.28. The molecule has 5 nitrogen and oxygen atoms in total. The van der Waals surface area contributed by atoms with Crippen molar-refractivity contribution in [3.8, 4) is 5.75 Å². The minimum atomic E-state index is 0. The molecule has 20 heavy (non-hydrogen) atoms. The Labute approximate surface area is 138 Å². The third-order valence-electron chi connectivity index (χ3n) is 2.22. The lowest BCUT2D eigenvalue weighted by molar-refractivity contribution is 0.156. The van der Waals surface area contributed by atoms with Gasteiger partial charge in [-0.05, 0) is 45.0 Å². The van der Waals surface area contributed by atoms with Gasteiger partial charge in [-0.2, -0.15) is 0 Å². The number of hydrogen-bond donors (Lipinski definition) is 2. The lowest BCUT2D eigenvalue weighted by atomic mass is 10.3. The van der Waals surface area contributed by atoms with Crippen LogP contribution in [0.4, 0.5) is 5.69 Å². The molecule has 1 rings (SSSR count). The molecule has 0 saturated carbocycles. The smallest absolute Gasteiger partial charge is 0.193 e. The molecule has 0 aromatic heterocycles. The first-order valence-electron chi connectivity index (χ1n) is 6.53. The van der Waals surface area contributed by atoms with Crippen LogP contribution < -0.4 is 15.8 Å². The lowest BCUT2D eigenvalue weighted by Gasteiger charge is -2.10. The van der Waals surface area contributed by atoms with E-state index in [9.17, 15) is 0 Å². The van der Waals surface area contributed by atoms with Gasteiger partial charge in [-0.3, -0.25) is 4.99 Å². The van der Waals surface area contributed by atoms with E-state index in [-0.39, 0.29) is 30.1 Å². The number of anilines is 1. The van der Waals surface area contributed by atoms with Crippen LogP contribution in [-0.4, -0.2) is 31.8 Å². The van der Waals surface area contributed by atoms with Gasteiger partial charge in [0.2, 0.25) is 0 Å². The van der Waals surface area contributed by atoms with Crippen molar-refractivity contribution >= 4 is 35.6 Å². The molecule has 0 heterocycles. The summed E-state index contributed by atoms with van der Waals surface area (Å²) in [4.78, 5) is 4.15. The topological polar surface area (TPSA) is 68.9 Å². The maximum atomic E-state index is 5.76. The van der Waals surface area contributed by atoms with Gasteiger partial charge in [0.1, 0.15) is 5.75 Å². The molecule has 0 aliphatic carbocycles. The number of nitrogens with two attached hydrogens (primary N) is 1. The molecule has 0 saturated heterocycles. The van der Waals surface area contributed by atoms with Crippen molar-refractivity contribution in [1.29, 1.82) is 0 Å². The monoisotopic (exact) mass is 393 g/mol. The summed E-state index contributed by atoms with van der Waals surface area (Å²) in [6.45, 7) is 7.78. The summed E-state index contributed by atoms with van der Waals surface area (Å²) in [5.74, 6) is 1.23. The summed E-state index contributed by atoms with van der Waals surface area (Å²) in [7, 11) is 0. The Morgan fingerprint density at radius 2 is 1.95 bits per heavy atom. The first kappa shape index (κ1) is 19.0. The largest absolute Gasteiger partial charge is 0.491 e. The van der Waals surface area contributed by atoms with E-state index in [0.717, 1.165) is 11.4 Å². The molecule has 3 N–H and O–H groups in total. The highest BCUT2D eigenvalue weighted by molar-refractivity contribution is 14.0. The molecule has 0 unspecified atom stereocenters. The van der Waals surface area contributed by atoms with E-state index in [0.29, 0.717) is 25.7 Å². The summed E-state index contributed by atoms with van der Waals surface area (Å²) in [5.41, 5.74) is 6.64. The fourth-order valence-corrected chi connectivity index (χ4v) is 1.45. The summed E-state index contributed by atoms with van der Waals surface area (Å²) < 4.78 is 10.7. The van der Waals surface area contributed by atoms with Crippen LogP contribution in [0, 0.1) is 0 Å². The minimum Gasteiger partial charge on any atom is -0.491 e. The number of rotatable bonds is 7. The van der Waals surface area contributed by atoms with E-state index in [1.54, 1.807) is 0 Å². The van der Waals surface area contributed by atoms with Crippen molar-refractivity contribution in [3.05, 3.63) is 24.3 Å². The molecule has 1 aromatic carbocycles. The van der Waals surface area contributed by atoms with Crippen LogP contribution in [0.1, 0.15) is 20.8 Å². The van der Waals surface area contributed by atoms with Gasteiger partial charge in [-0.1, -0.05) is 0 Å². The van der Waals surface area contributed by atoms with E-state index in [1.165, 1.54) is 0 Å². The zero-order chi connectivity index (χ0) is 14.1. The molecule has 0 atom stereocenters.